The minimum absolute atomic E-state index is 0.00686. The summed E-state index contributed by atoms with van der Waals surface area (Å²) in [5.41, 5.74) is 1.79. The summed E-state index contributed by atoms with van der Waals surface area (Å²) < 4.78 is 0. The Morgan fingerprint density at radius 1 is 1.19 bits per heavy atom. The van der Waals surface area contributed by atoms with Crippen molar-refractivity contribution in [2.45, 2.75) is 6.92 Å². The third kappa shape index (κ3) is 1.93. The van der Waals surface area contributed by atoms with E-state index in [1.807, 2.05) is 6.92 Å². The lowest BCUT2D eigenvalue weighted by atomic mass is 10.0. The largest absolute Gasteiger partial charge is 0.507 e. The number of hydrogen-bond donors (Lipinski definition) is 1. The van der Waals surface area contributed by atoms with E-state index < -0.39 is 0 Å². The van der Waals surface area contributed by atoms with Gasteiger partial charge < -0.3 is 5.11 Å². The normalized spacial score (nSPS) is 10.1. The first-order valence-electron chi connectivity index (χ1n) is 4.93. The SMILES string of the molecule is Cc1ccc(O)c(C(=O)c2ccncc2)c1. The lowest BCUT2D eigenvalue weighted by Crippen LogP contribution is -2.02. The van der Waals surface area contributed by atoms with Crippen molar-refractivity contribution in [3.05, 3.63) is 59.4 Å². The van der Waals surface area contributed by atoms with E-state index in [1.165, 1.54) is 6.07 Å². The molecule has 0 spiro atoms. The Balaban J connectivity index is 2.46. The predicted molar refractivity (Wildman–Crippen MR) is 60.5 cm³/mol. The van der Waals surface area contributed by atoms with Gasteiger partial charge in [0.05, 0.1) is 5.56 Å². The van der Waals surface area contributed by atoms with E-state index in [-0.39, 0.29) is 11.5 Å². The average Bonchev–Trinajstić information content (AvgIpc) is 2.32. The highest BCUT2D eigenvalue weighted by Gasteiger charge is 2.12. The summed E-state index contributed by atoms with van der Waals surface area (Å²) in [7, 11) is 0. The molecule has 0 aliphatic heterocycles. The van der Waals surface area contributed by atoms with E-state index in [9.17, 15) is 9.90 Å². The van der Waals surface area contributed by atoms with Crippen molar-refractivity contribution >= 4 is 5.78 Å². The Hall–Kier alpha value is -2.16. The number of aromatic nitrogens is 1. The van der Waals surface area contributed by atoms with Crippen molar-refractivity contribution in [2.24, 2.45) is 0 Å². The van der Waals surface area contributed by atoms with Crippen LogP contribution in [0.15, 0.2) is 42.7 Å². The minimum atomic E-state index is -0.191. The number of hydrogen-bond acceptors (Lipinski definition) is 3. The number of ketones is 1. The van der Waals surface area contributed by atoms with Crippen molar-refractivity contribution in [3.8, 4) is 5.75 Å². The van der Waals surface area contributed by atoms with Gasteiger partial charge in [-0.3, -0.25) is 9.78 Å². The lowest BCUT2D eigenvalue weighted by molar-refractivity contribution is 0.103. The van der Waals surface area contributed by atoms with E-state index in [1.54, 1.807) is 36.7 Å². The maximum atomic E-state index is 12.0. The predicted octanol–water partition coefficient (Wildman–Crippen LogP) is 2.33. The zero-order valence-electron chi connectivity index (χ0n) is 8.84. The first-order valence-corrected chi connectivity index (χ1v) is 4.93. The van der Waals surface area contributed by atoms with Crippen LogP contribution in [0, 0.1) is 6.92 Å². The molecule has 1 aromatic heterocycles. The minimum Gasteiger partial charge on any atom is -0.507 e. The van der Waals surface area contributed by atoms with E-state index >= 15 is 0 Å². The van der Waals surface area contributed by atoms with E-state index in [0.29, 0.717) is 11.1 Å². The van der Waals surface area contributed by atoms with Gasteiger partial charge in [0.25, 0.3) is 0 Å². The molecule has 0 amide bonds. The second kappa shape index (κ2) is 4.14. The molecule has 1 N–H and O–H groups in total. The van der Waals surface area contributed by atoms with Gasteiger partial charge in [-0.05, 0) is 31.2 Å². The number of phenolic OH excluding ortho intramolecular Hbond substituents is 1. The number of carbonyl (C=O) groups is 1. The molecule has 0 aliphatic rings. The second-order valence-electron chi connectivity index (χ2n) is 3.59. The average molecular weight is 213 g/mol. The van der Waals surface area contributed by atoms with Crippen LogP contribution in [-0.4, -0.2) is 15.9 Å². The molecule has 16 heavy (non-hydrogen) atoms. The molecule has 0 saturated carbocycles. The van der Waals surface area contributed by atoms with E-state index in [4.69, 9.17) is 0 Å². The maximum absolute atomic E-state index is 12.0. The lowest BCUT2D eigenvalue weighted by Gasteiger charge is -2.04. The summed E-state index contributed by atoms with van der Waals surface area (Å²) in [6.07, 6.45) is 3.11. The second-order valence-corrected chi connectivity index (χ2v) is 3.59. The Labute approximate surface area is 93.4 Å². The van der Waals surface area contributed by atoms with E-state index in [0.717, 1.165) is 5.56 Å². The molecule has 2 aromatic rings. The standard InChI is InChI=1S/C13H11NO2/c1-9-2-3-12(15)11(8-9)13(16)10-4-6-14-7-5-10/h2-8,15H,1H3. The van der Waals surface area contributed by atoms with Gasteiger partial charge in [0, 0.05) is 18.0 Å². The zero-order valence-corrected chi connectivity index (χ0v) is 8.84. The van der Waals surface area contributed by atoms with Gasteiger partial charge in [-0.2, -0.15) is 0 Å². The molecule has 80 valence electrons. The molecule has 1 aromatic carbocycles. The molecule has 0 radical (unpaired) electrons. The number of benzene rings is 1. The van der Waals surface area contributed by atoms with Crippen molar-refractivity contribution in [1.82, 2.24) is 4.98 Å². The summed E-state index contributed by atoms with van der Waals surface area (Å²) in [6, 6.07) is 8.23. The highest BCUT2D eigenvalue weighted by molar-refractivity contribution is 6.10. The van der Waals surface area contributed by atoms with E-state index in [2.05, 4.69) is 4.98 Å². The topological polar surface area (TPSA) is 50.2 Å². The Kier molecular flexibility index (Phi) is 2.68. The van der Waals surface area contributed by atoms with Crippen molar-refractivity contribution in [1.29, 1.82) is 0 Å². The van der Waals surface area contributed by atoms with Crippen LogP contribution in [0.5, 0.6) is 5.75 Å². The molecule has 0 aliphatic carbocycles. The Bertz CT molecular complexity index is 521. The van der Waals surface area contributed by atoms with Crippen molar-refractivity contribution in [3.63, 3.8) is 0 Å². The fraction of sp³-hybridized carbons (Fsp3) is 0.0769. The maximum Gasteiger partial charge on any atom is 0.196 e. The Morgan fingerprint density at radius 3 is 2.56 bits per heavy atom. The van der Waals surface area contributed by atoms with Crippen LogP contribution in [0.25, 0.3) is 0 Å². The molecule has 3 heteroatoms. The number of aryl methyl sites for hydroxylation is 1. The number of pyridine rings is 1. The van der Waals surface area contributed by atoms with Gasteiger partial charge in [0.2, 0.25) is 0 Å². The van der Waals surface area contributed by atoms with Gasteiger partial charge in [0.15, 0.2) is 5.78 Å². The molecule has 0 bridgehead atoms. The van der Waals surface area contributed by atoms with Gasteiger partial charge >= 0.3 is 0 Å². The highest BCUT2D eigenvalue weighted by Crippen LogP contribution is 2.21. The quantitative estimate of drug-likeness (QED) is 0.779. The van der Waals surface area contributed by atoms with Crippen LogP contribution in [0.4, 0.5) is 0 Å². The van der Waals surface area contributed by atoms with Gasteiger partial charge in [-0.1, -0.05) is 11.6 Å². The summed E-state index contributed by atoms with van der Waals surface area (Å²) in [6.45, 7) is 1.88. The molecule has 0 atom stereocenters. The first kappa shape index (κ1) is 10.4. The smallest absolute Gasteiger partial charge is 0.196 e. The molecular formula is C13H11NO2. The number of phenols is 1. The van der Waals surface area contributed by atoms with Crippen LogP contribution in [0.2, 0.25) is 0 Å². The monoisotopic (exact) mass is 213 g/mol. The molecule has 2 rings (SSSR count). The van der Waals surface area contributed by atoms with Crippen LogP contribution >= 0.6 is 0 Å². The molecule has 1 heterocycles. The van der Waals surface area contributed by atoms with Crippen molar-refractivity contribution < 1.29 is 9.90 Å². The summed E-state index contributed by atoms with van der Waals surface area (Å²) in [5, 5.41) is 9.63. The fourth-order valence-corrected chi connectivity index (χ4v) is 1.49. The molecule has 0 saturated heterocycles. The molecular weight excluding hydrogens is 202 g/mol. The van der Waals surface area contributed by atoms with Crippen LogP contribution < -0.4 is 0 Å². The van der Waals surface area contributed by atoms with Gasteiger partial charge in [-0.25, -0.2) is 0 Å². The number of nitrogens with zero attached hydrogens (tertiary/aromatic N) is 1. The van der Waals surface area contributed by atoms with Crippen LogP contribution in [-0.2, 0) is 0 Å². The highest BCUT2D eigenvalue weighted by atomic mass is 16.3. The number of aromatic hydroxyl groups is 1. The third-order valence-electron chi connectivity index (χ3n) is 2.34. The molecule has 0 fully saturated rings. The summed E-state index contributed by atoms with van der Waals surface area (Å²) in [5.74, 6) is -0.184. The number of carbonyl (C=O) groups excluding carboxylic acids is 1. The summed E-state index contributed by atoms with van der Waals surface area (Å²) in [4.78, 5) is 15.9. The Morgan fingerprint density at radius 2 is 1.88 bits per heavy atom. The fourth-order valence-electron chi connectivity index (χ4n) is 1.49. The summed E-state index contributed by atoms with van der Waals surface area (Å²) >= 11 is 0. The van der Waals surface area contributed by atoms with Crippen LogP contribution in [0.3, 0.4) is 0 Å². The van der Waals surface area contributed by atoms with Gasteiger partial charge in [-0.15, -0.1) is 0 Å². The number of rotatable bonds is 2. The third-order valence-corrected chi connectivity index (χ3v) is 2.34. The van der Waals surface area contributed by atoms with Gasteiger partial charge in [0.1, 0.15) is 5.75 Å². The first-order chi connectivity index (χ1) is 7.68. The van der Waals surface area contributed by atoms with Crippen LogP contribution in [0.1, 0.15) is 21.5 Å². The zero-order chi connectivity index (χ0) is 11.5. The van der Waals surface area contributed by atoms with Crippen molar-refractivity contribution in [2.75, 3.05) is 0 Å². The molecule has 3 nitrogen and oxygen atoms in total. The molecule has 0 unspecified atom stereocenters.